The van der Waals surface area contributed by atoms with Gasteiger partial charge in [0.25, 0.3) is 0 Å². The van der Waals surface area contributed by atoms with Crippen molar-refractivity contribution >= 4 is 0 Å². The summed E-state index contributed by atoms with van der Waals surface area (Å²) in [6, 6.07) is 2.37. The molecule has 1 heterocycles. The van der Waals surface area contributed by atoms with E-state index in [0.29, 0.717) is 0 Å². The zero-order chi connectivity index (χ0) is 9.19. The van der Waals surface area contributed by atoms with E-state index in [9.17, 15) is 0 Å². The monoisotopic (exact) mass is 166 g/mol. The molecule has 0 aromatic rings. The molecule has 1 rings (SSSR count). The molecule has 0 bridgehead atoms. The molecule has 1 unspecified atom stereocenters. The molecule has 2 nitrogen and oxygen atoms in total. The van der Waals surface area contributed by atoms with Crippen LogP contribution in [0, 0.1) is 17.2 Å². The van der Waals surface area contributed by atoms with E-state index in [2.05, 4.69) is 31.7 Å². The van der Waals surface area contributed by atoms with E-state index in [1.54, 1.807) is 0 Å². The van der Waals surface area contributed by atoms with Crippen molar-refractivity contribution < 1.29 is 0 Å². The highest BCUT2D eigenvalue weighted by molar-refractivity contribution is 5.00. The third-order valence-corrected chi connectivity index (χ3v) is 2.72. The van der Waals surface area contributed by atoms with Gasteiger partial charge in [0.1, 0.15) is 0 Å². The van der Waals surface area contributed by atoms with E-state index >= 15 is 0 Å². The normalized spacial score (nSPS) is 28.7. The molecule has 0 amide bonds. The predicted molar refractivity (Wildman–Crippen MR) is 49.7 cm³/mol. The van der Waals surface area contributed by atoms with E-state index in [4.69, 9.17) is 5.26 Å². The summed E-state index contributed by atoms with van der Waals surface area (Å²) in [6.07, 6.45) is 2.21. The Bertz CT molecular complexity index is 191. The summed E-state index contributed by atoms with van der Waals surface area (Å²) in [4.78, 5) is 2.43. The van der Waals surface area contributed by atoms with Crippen LogP contribution in [0.1, 0.15) is 33.6 Å². The van der Waals surface area contributed by atoms with Crippen molar-refractivity contribution in [2.45, 2.75) is 39.2 Å². The molecule has 12 heavy (non-hydrogen) atoms. The second kappa shape index (κ2) is 3.45. The Morgan fingerprint density at radius 3 is 2.67 bits per heavy atom. The van der Waals surface area contributed by atoms with Crippen LogP contribution in [0.3, 0.4) is 0 Å². The summed E-state index contributed by atoms with van der Waals surface area (Å²) in [7, 11) is 0. The van der Waals surface area contributed by atoms with Crippen molar-refractivity contribution in [3.8, 4) is 6.07 Å². The first-order valence-electron chi connectivity index (χ1n) is 4.75. The van der Waals surface area contributed by atoms with E-state index in [1.807, 2.05) is 0 Å². The molecule has 1 saturated heterocycles. The van der Waals surface area contributed by atoms with Crippen LogP contribution in [-0.4, -0.2) is 23.5 Å². The summed E-state index contributed by atoms with van der Waals surface area (Å²) >= 11 is 0. The van der Waals surface area contributed by atoms with Gasteiger partial charge >= 0.3 is 0 Å². The standard InChI is InChI=1S/C10H18N2/c1-4-5-12-8-9(7-11)6-10(12,2)3/h9H,4-6,8H2,1-3H3. The second-order valence-corrected chi connectivity index (χ2v) is 4.29. The van der Waals surface area contributed by atoms with Crippen molar-refractivity contribution in [2.75, 3.05) is 13.1 Å². The number of hydrogen-bond donors (Lipinski definition) is 0. The van der Waals surface area contributed by atoms with Crippen LogP contribution >= 0.6 is 0 Å². The Morgan fingerprint density at radius 2 is 2.25 bits per heavy atom. The van der Waals surface area contributed by atoms with Gasteiger partial charge in [-0.2, -0.15) is 5.26 Å². The van der Waals surface area contributed by atoms with Crippen molar-refractivity contribution in [1.29, 1.82) is 5.26 Å². The number of nitrogens with zero attached hydrogens (tertiary/aromatic N) is 2. The molecule has 1 aliphatic rings. The lowest BCUT2D eigenvalue weighted by atomic mass is 9.97. The van der Waals surface area contributed by atoms with Gasteiger partial charge in [-0.3, -0.25) is 4.90 Å². The minimum Gasteiger partial charge on any atom is -0.297 e. The first kappa shape index (κ1) is 9.54. The van der Waals surface area contributed by atoms with Crippen LogP contribution in [-0.2, 0) is 0 Å². The van der Waals surface area contributed by atoms with Gasteiger partial charge in [0.05, 0.1) is 12.0 Å². The molecule has 1 fully saturated rings. The molecule has 2 heteroatoms. The quantitative estimate of drug-likeness (QED) is 0.627. The minimum atomic E-state index is 0.246. The molecule has 1 aliphatic heterocycles. The lowest BCUT2D eigenvalue weighted by Gasteiger charge is -2.30. The van der Waals surface area contributed by atoms with Crippen LogP contribution in [0.15, 0.2) is 0 Å². The van der Waals surface area contributed by atoms with Crippen LogP contribution in [0.4, 0.5) is 0 Å². The summed E-state index contributed by atoms with van der Waals surface area (Å²) in [5.74, 6) is 0.256. The predicted octanol–water partition coefficient (Wildman–Crippen LogP) is 2.02. The van der Waals surface area contributed by atoms with Crippen molar-refractivity contribution in [3.63, 3.8) is 0 Å². The van der Waals surface area contributed by atoms with E-state index in [-0.39, 0.29) is 11.5 Å². The topological polar surface area (TPSA) is 27.0 Å². The highest BCUT2D eigenvalue weighted by Crippen LogP contribution is 2.31. The highest BCUT2D eigenvalue weighted by Gasteiger charge is 2.37. The maximum atomic E-state index is 8.81. The first-order chi connectivity index (χ1) is 5.60. The van der Waals surface area contributed by atoms with Gasteiger partial charge in [-0.25, -0.2) is 0 Å². The molecule has 0 aromatic heterocycles. The van der Waals surface area contributed by atoms with Crippen LogP contribution in [0.5, 0.6) is 0 Å². The van der Waals surface area contributed by atoms with Gasteiger partial charge in [-0.1, -0.05) is 6.92 Å². The van der Waals surface area contributed by atoms with Crippen LogP contribution in [0.25, 0.3) is 0 Å². The maximum Gasteiger partial charge on any atom is 0.0670 e. The smallest absolute Gasteiger partial charge is 0.0670 e. The van der Waals surface area contributed by atoms with Crippen LogP contribution in [0.2, 0.25) is 0 Å². The molecular formula is C10H18N2. The summed E-state index contributed by atoms with van der Waals surface area (Å²) in [6.45, 7) is 8.76. The fourth-order valence-electron chi connectivity index (χ4n) is 2.06. The van der Waals surface area contributed by atoms with Crippen molar-refractivity contribution in [3.05, 3.63) is 0 Å². The van der Waals surface area contributed by atoms with E-state index in [0.717, 1.165) is 19.5 Å². The highest BCUT2D eigenvalue weighted by atomic mass is 15.2. The molecule has 0 saturated carbocycles. The van der Waals surface area contributed by atoms with Gasteiger partial charge < -0.3 is 0 Å². The van der Waals surface area contributed by atoms with Crippen molar-refractivity contribution in [1.82, 2.24) is 4.90 Å². The SMILES string of the molecule is CCCN1CC(C#N)CC1(C)C. The zero-order valence-electron chi connectivity index (χ0n) is 8.30. The van der Waals surface area contributed by atoms with E-state index < -0.39 is 0 Å². The fraction of sp³-hybridized carbons (Fsp3) is 0.900. The Kier molecular flexibility index (Phi) is 2.74. The third kappa shape index (κ3) is 1.78. The number of likely N-dealkylation sites (tertiary alicyclic amines) is 1. The van der Waals surface area contributed by atoms with Crippen LogP contribution < -0.4 is 0 Å². The van der Waals surface area contributed by atoms with E-state index in [1.165, 1.54) is 6.42 Å². The Morgan fingerprint density at radius 1 is 1.58 bits per heavy atom. The Hall–Kier alpha value is -0.550. The number of hydrogen-bond acceptors (Lipinski definition) is 2. The molecule has 0 radical (unpaired) electrons. The largest absolute Gasteiger partial charge is 0.297 e. The molecule has 0 N–H and O–H groups in total. The molecule has 68 valence electrons. The lowest BCUT2D eigenvalue weighted by Crippen LogP contribution is -2.38. The number of rotatable bonds is 2. The molecule has 1 atom stereocenters. The van der Waals surface area contributed by atoms with Gasteiger partial charge in [-0.05, 0) is 33.2 Å². The lowest BCUT2D eigenvalue weighted by molar-refractivity contribution is 0.175. The third-order valence-electron chi connectivity index (χ3n) is 2.72. The number of nitriles is 1. The van der Waals surface area contributed by atoms with Gasteiger partial charge in [0, 0.05) is 12.1 Å². The summed E-state index contributed by atoms with van der Waals surface area (Å²) in [5, 5.41) is 8.81. The average molecular weight is 166 g/mol. The Labute approximate surface area is 75.2 Å². The summed E-state index contributed by atoms with van der Waals surface area (Å²) < 4.78 is 0. The minimum absolute atomic E-state index is 0.246. The van der Waals surface area contributed by atoms with Gasteiger partial charge in [-0.15, -0.1) is 0 Å². The molecular weight excluding hydrogens is 148 g/mol. The second-order valence-electron chi connectivity index (χ2n) is 4.29. The van der Waals surface area contributed by atoms with Crippen molar-refractivity contribution in [2.24, 2.45) is 5.92 Å². The maximum absolute atomic E-state index is 8.81. The molecule has 0 aromatic carbocycles. The molecule has 0 spiro atoms. The average Bonchev–Trinajstić information content (AvgIpc) is 2.28. The zero-order valence-corrected chi connectivity index (χ0v) is 8.30. The molecule has 0 aliphatic carbocycles. The summed E-state index contributed by atoms with van der Waals surface area (Å²) in [5.41, 5.74) is 0.246. The van der Waals surface area contributed by atoms with Gasteiger partial charge in [0.15, 0.2) is 0 Å². The van der Waals surface area contributed by atoms with Gasteiger partial charge in [0.2, 0.25) is 0 Å². The Balaban J connectivity index is 2.59. The fourth-order valence-corrected chi connectivity index (χ4v) is 2.06. The first-order valence-corrected chi connectivity index (χ1v) is 4.75.